The Morgan fingerprint density at radius 2 is 2.06 bits per heavy atom. The van der Waals surface area contributed by atoms with Crippen molar-refractivity contribution in [2.24, 2.45) is 10.5 Å². The van der Waals surface area contributed by atoms with E-state index in [1.165, 1.54) is 5.56 Å². The fourth-order valence-corrected chi connectivity index (χ4v) is 1.99. The van der Waals surface area contributed by atoms with E-state index in [0.29, 0.717) is 13.0 Å². The maximum atomic E-state index is 11.9. The van der Waals surface area contributed by atoms with Gasteiger partial charge in [-0.05, 0) is 12.5 Å². The van der Waals surface area contributed by atoms with Crippen LogP contribution in [0.5, 0.6) is 0 Å². The van der Waals surface area contributed by atoms with Crippen molar-refractivity contribution in [1.82, 2.24) is 5.01 Å². The molecule has 0 saturated carbocycles. The number of hydrogen-bond acceptors (Lipinski definition) is 2. The van der Waals surface area contributed by atoms with E-state index in [-0.39, 0.29) is 11.3 Å². The molecule has 0 N–H and O–H groups in total. The molecule has 0 aliphatic carbocycles. The number of benzene rings is 1. The van der Waals surface area contributed by atoms with Gasteiger partial charge in [0.05, 0.1) is 18.7 Å². The van der Waals surface area contributed by atoms with E-state index in [0.717, 1.165) is 11.3 Å². The Morgan fingerprint density at radius 1 is 1.33 bits per heavy atom. The van der Waals surface area contributed by atoms with Crippen molar-refractivity contribution >= 4 is 11.6 Å². The molecule has 0 bridgehead atoms. The van der Waals surface area contributed by atoms with Crippen LogP contribution < -0.4 is 0 Å². The molecular weight excluding hydrogens is 224 g/mol. The number of hydrogen-bond donors (Lipinski definition) is 0. The van der Waals surface area contributed by atoms with Gasteiger partial charge in [0, 0.05) is 5.41 Å². The minimum atomic E-state index is -0.0307. The molecule has 18 heavy (non-hydrogen) atoms. The zero-order chi connectivity index (χ0) is 13.3. The van der Waals surface area contributed by atoms with Crippen LogP contribution in [0.2, 0.25) is 0 Å². The number of aryl methyl sites for hydroxylation is 1. The number of rotatable bonds is 2. The summed E-state index contributed by atoms with van der Waals surface area (Å²) in [5, 5.41) is 6.06. The summed E-state index contributed by atoms with van der Waals surface area (Å²) >= 11 is 0. The Bertz CT molecular complexity index is 497. The predicted octanol–water partition coefficient (Wildman–Crippen LogP) is 3.13. The van der Waals surface area contributed by atoms with E-state index in [4.69, 9.17) is 0 Å². The fourth-order valence-electron chi connectivity index (χ4n) is 1.99. The average Bonchev–Trinajstić information content (AvgIpc) is 2.60. The van der Waals surface area contributed by atoms with Crippen molar-refractivity contribution in [3.63, 3.8) is 0 Å². The van der Waals surface area contributed by atoms with Gasteiger partial charge in [0.25, 0.3) is 0 Å². The molecule has 1 aromatic carbocycles. The molecule has 3 nitrogen and oxygen atoms in total. The summed E-state index contributed by atoms with van der Waals surface area (Å²) in [6, 6.07) is 8.20. The number of carbonyl (C=O) groups excluding carboxylic acids is 1. The fraction of sp³-hybridized carbons (Fsp3) is 0.467. The summed E-state index contributed by atoms with van der Waals surface area (Å²) < 4.78 is 0. The molecule has 1 aliphatic rings. The lowest BCUT2D eigenvalue weighted by atomic mass is 9.88. The van der Waals surface area contributed by atoms with Gasteiger partial charge in [-0.25, -0.2) is 5.01 Å². The molecule has 0 atom stereocenters. The van der Waals surface area contributed by atoms with Crippen molar-refractivity contribution in [3.8, 4) is 0 Å². The van der Waals surface area contributed by atoms with Gasteiger partial charge in [0.15, 0.2) is 0 Å². The highest BCUT2D eigenvalue weighted by Gasteiger charge is 2.30. The van der Waals surface area contributed by atoms with Crippen LogP contribution in [0.25, 0.3) is 0 Å². The third-order valence-electron chi connectivity index (χ3n) is 3.13. The first-order valence-electron chi connectivity index (χ1n) is 6.30. The Hall–Kier alpha value is -1.64. The van der Waals surface area contributed by atoms with Crippen LogP contribution in [-0.2, 0) is 11.3 Å². The zero-order valence-electron chi connectivity index (χ0n) is 11.5. The number of carbonyl (C=O) groups is 1. The first-order valence-corrected chi connectivity index (χ1v) is 6.30. The highest BCUT2D eigenvalue weighted by molar-refractivity contribution is 6.07. The largest absolute Gasteiger partial charge is 0.273 e. The smallest absolute Gasteiger partial charge is 0.248 e. The standard InChI is InChI=1S/C15H20N2O/c1-11-6-5-7-12(8-11)10-17-14(18)9-13(16-17)15(2,3)4/h5-8H,9-10H2,1-4H3. The van der Waals surface area contributed by atoms with Crippen LogP contribution in [-0.4, -0.2) is 16.6 Å². The van der Waals surface area contributed by atoms with Gasteiger partial charge in [0.2, 0.25) is 5.91 Å². The lowest BCUT2D eigenvalue weighted by molar-refractivity contribution is -0.129. The van der Waals surface area contributed by atoms with E-state index < -0.39 is 0 Å². The highest BCUT2D eigenvalue weighted by Crippen LogP contribution is 2.25. The van der Waals surface area contributed by atoms with Gasteiger partial charge in [0.1, 0.15) is 0 Å². The molecule has 1 amide bonds. The monoisotopic (exact) mass is 244 g/mol. The maximum Gasteiger partial charge on any atom is 0.248 e. The molecule has 0 aromatic heterocycles. The van der Waals surface area contributed by atoms with Crippen molar-refractivity contribution in [2.45, 2.75) is 40.7 Å². The molecule has 1 aliphatic heterocycles. The topological polar surface area (TPSA) is 32.7 Å². The quantitative estimate of drug-likeness (QED) is 0.786. The Balaban J connectivity index is 2.15. The van der Waals surface area contributed by atoms with Crippen LogP contribution in [0, 0.1) is 12.3 Å². The average molecular weight is 244 g/mol. The maximum absolute atomic E-state index is 11.9. The summed E-state index contributed by atoms with van der Waals surface area (Å²) in [5.74, 6) is 0.0985. The summed E-state index contributed by atoms with van der Waals surface area (Å²) in [5.41, 5.74) is 3.28. The van der Waals surface area contributed by atoms with Crippen LogP contribution in [0.3, 0.4) is 0 Å². The van der Waals surface area contributed by atoms with Crippen molar-refractivity contribution in [1.29, 1.82) is 0 Å². The summed E-state index contributed by atoms with van der Waals surface area (Å²) in [6.45, 7) is 8.90. The van der Waals surface area contributed by atoms with Gasteiger partial charge < -0.3 is 0 Å². The molecule has 3 heteroatoms. The number of nitrogens with zero attached hydrogens (tertiary/aromatic N) is 2. The van der Waals surface area contributed by atoms with E-state index in [1.54, 1.807) is 5.01 Å². The van der Waals surface area contributed by atoms with Crippen LogP contribution in [0.1, 0.15) is 38.3 Å². The second kappa shape index (κ2) is 4.56. The van der Waals surface area contributed by atoms with Gasteiger partial charge in [-0.15, -0.1) is 0 Å². The number of hydrazone groups is 1. The highest BCUT2D eigenvalue weighted by atomic mass is 16.2. The Kier molecular flexibility index (Phi) is 3.24. The summed E-state index contributed by atoms with van der Waals surface area (Å²) in [4.78, 5) is 11.9. The molecule has 1 aromatic rings. The third kappa shape index (κ3) is 2.78. The lowest BCUT2D eigenvalue weighted by Crippen LogP contribution is -2.20. The van der Waals surface area contributed by atoms with Gasteiger partial charge in [-0.1, -0.05) is 50.6 Å². The van der Waals surface area contributed by atoms with E-state index in [9.17, 15) is 4.79 Å². The first-order chi connectivity index (χ1) is 8.36. The zero-order valence-corrected chi connectivity index (χ0v) is 11.5. The predicted molar refractivity (Wildman–Crippen MR) is 73.2 cm³/mol. The van der Waals surface area contributed by atoms with Crippen LogP contribution in [0.15, 0.2) is 29.4 Å². The minimum Gasteiger partial charge on any atom is -0.273 e. The van der Waals surface area contributed by atoms with Crippen molar-refractivity contribution < 1.29 is 4.79 Å². The molecule has 0 unspecified atom stereocenters. The Morgan fingerprint density at radius 3 is 2.61 bits per heavy atom. The second-order valence-corrected chi connectivity index (χ2v) is 5.91. The lowest BCUT2D eigenvalue weighted by Gasteiger charge is -2.16. The van der Waals surface area contributed by atoms with E-state index in [2.05, 4.69) is 44.9 Å². The summed E-state index contributed by atoms with van der Waals surface area (Å²) in [7, 11) is 0. The second-order valence-electron chi connectivity index (χ2n) is 5.91. The normalized spacial score (nSPS) is 16.1. The van der Waals surface area contributed by atoms with Crippen LogP contribution in [0.4, 0.5) is 0 Å². The third-order valence-corrected chi connectivity index (χ3v) is 3.13. The minimum absolute atomic E-state index is 0.0307. The molecule has 0 fully saturated rings. The molecule has 96 valence electrons. The summed E-state index contributed by atoms with van der Waals surface area (Å²) in [6.07, 6.45) is 0.454. The molecule has 2 rings (SSSR count). The first kappa shape index (κ1) is 12.8. The molecule has 0 spiro atoms. The van der Waals surface area contributed by atoms with Gasteiger partial charge in [-0.3, -0.25) is 4.79 Å². The SMILES string of the molecule is Cc1cccc(CN2N=C(C(C)(C)C)CC2=O)c1. The van der Waals surface area contributed by atoms with Crippen LogP contribution >= 0.6 is 0 Å². The molecule has 0 radical (unpaired) electrons. The Labute approximate surface area is 108 Å². The van der Waals surface area contributed by atoms with Gasteiger partial charge >= 0.3 is 0 Å². The molecule has 0 saturated heterocycles. The van der Waals surface area contributed by atoms with Gasteiger partial charge in [-0.2, -0.15) is 5.10 Å². The number of amides is 1. The van der Waals surface area contributed by atoms with E-state index in [1.807, 2.05) is 12.1 Å². The van der Waals surface area contributed by atoms with Crippen molar-refractivity contribution in [2.75, 3.05) is 0 Å². The molecular formula is C15H20N2O. The van der Waals surface area contributed by atoms with Crippen molar-refractivity contribution in [3.05, 3.63) is 35.4 Å². The molecule has 1 heterocycles. The van der Waals surface area contributed by atoms with E-state index >= 15 is 0 Å².